The van der Waals surface area contributed by atoms with Crippen molar-refractivity contribution in [1.29, 1.82) is 0 Å². The number of hydrogen-bond acceptors (Lipinski definition) is 7. The monoisotopic (exact) mass is 469 g/mol. The van der Waals surface area contributed by atoms with Gasteiger partial charge in [-0.1, -0.05) is 0 Å². The number of aryl methyl sites for hydroxylation is 1. The maximum Gasteiger partial charge on any atom is 0.248 e. The Morgan fingerprint density at radius 1 is 1.00 bits per heavy atom. The van der Waals surface area contributed by atoms with Gasteiger partial charge in [-0.15, -0.1) is 0 Å². The van der Waals surface area contributed by atoms with Crippen molar-refractivity contribution in [3.63, 3.8) is 0 Å². The molecule has 0 aliphatic carbocycles. The van der Waals surface area contributed by atoms with E-state index in [0.717, 1.165) is 77.5 Å². The van der Waals surface area contributed by atoms with Gasteiger partial charge in [-0.2, -0.15) is 0 Å². The lowest BCUT2D eigenvalue weighted by atomic mass is 10.1. The molecule has 178 valence electrons. The number of carbonyl (C=O) groups excluding carboxylic acids is 1. The molecule has 1 fully saturated rings. The smallest absolute Gasteiger partial charge is 0.248 e. The lowest BCUT2D eigenvalue weighted by Gasteiger charge is -2.38. The molecule has 1 amide bonds. The molecule has 4 heterocycles. The van der Waals surface area contributed by atoms with Crippen LogP contribution in [0.5, 0.6) is 11.5 Å². The highest BCUT2D eigenvalue weighted by atomic mass is 16.6. The summed E-state index contributed by atoms with van der Waals surface area (Å²) in [5.41, 5.74) is 8.66. The fraction of sp³-hybridized carbons (Fsp3) is 0.296. The van der Waals surface area contributed by atoms with E-state index in [9.17, 15) is 4.79 Å². The molecule has 0 bridgehead atoms. The quantitative estimate of drug-likeness (QED) is 0.491. The first kappa shape index (κ1) is 21.6. The average molecular weight is 470 g/mol. The molecule has 0 radical (unpaired) electrons. The summed E-state index contributed by atoms with van der Waals surface area (Å²) < 4.78 is 12.5. The molecule has 2 aliphatic rings. The number of carbonyl (C=O) groups is 1. The van der Waals surface area contributed by atoms with Crippen LogP contribution in [0, 0.1) is 6.92 Å². The Bertz CT molecular complexity index is 1430. The van der Waals surface area contributed by atoms with Crippen LogP contribution in [0.2, 0.25) is 0 Å². The highest BCUT2D eigenvalue weighted by molar-refractivity contribution is 5.97. The molecule has 4 aromatic rings. The van der Waals surface area contributed by atoms with Gasteiger partial charge in [-0.25, -0.2) is 4.98 Å². The van der Waals surface area contributed by atoms with E-state index in [-0.39, 0.29) is 6.10 Å². The number of benzene rings is 2. The van der Waals surface area contributed by atoms with Crippen LogP contribution in [0.25, 0.3) is 21.8 Å². The predicted octanol–water partition coefficient (Wildman–Crippen LogP) is 3.15. The predicted molar refractivity (Wildman–Crippen MR) is 135 cm³/mol. The van der Waals surface area contributed by atoms with Crippen LogP contribution < -0.4 is 20.1 Å². The van der Waals surface area contributed by atoms with Crippen molar-refractivity contribution in [1.82, 2.24) is 14.9 Å². The third-order valence-electron chi connectivity index (χ3n) is 6.75. The van der Waals surface area contributed by atoms with Crippen molar-refractivity contribution in [2.45, 2.75) is 13.0 Å². The molecule has 2 aromatic heterocycles. The van der Waals surface area contributed by atoms with E-state index >= 15 is 0 Å². The molecule has 6 rings (SSSR count). The number of rotatable bonds is 4. The average Bonchev–Trinajstić information content (AvgIpc) is 2.88. The summed E-state index contributed by atoms with van der Waals surface area (Å²) >= 11 is 0. The first-order valence-corrected chi connectivity index (χ1v) is 11.9. The van der Waals surface area contributed by atoms with Gasteiger partial charge in [0.15, 0.2) is 11.5 Å². The molecule has 8 heteroatoms. The van der Waals surface area contributed by atoms with Gasteiger partial charge in [0.25, 0.3) is 0 Å². The Kier molecular flexibility index (Phi) is 5.37. The van der Waals surface area contributed by atoms with E-state index in [2.05, 4.69) is 20.9 Å². The number of pyridine rings is 2. The molecule has 8 nitrogen and oxygen atoms in total. The van der Waals surface area contributed by atoms with E-state index in [0.29, 0.717) is 12.2 Å². The van der Waals surface area contributed by atoms with Crippen LogP contribution in [0.1, 0.15) is 16.1 Å². The summed E-state index contributed by atoms with van der Waals surface area (Å²) in [5, 5.41) is 1.91. The number of aromatic nitrogens is 2. The first-order chi connectivity index (χ1) is 17.0. The lowest BCUT2D eigenvalue weighted by molar-refractivity contribution is 0.0587. The maximum absolute atomic E-state index is 11.4. The number of fused-ring (bicyclic) bond motifs is 4. The van der Waals surface area contributed by atoms with E-state index in [1.807, 2.05) is 43.3 Å². The Morgan fingerprint density at radius 2 is 1.83 bits per heavy atom. The Morgan fingerprint density at radius 3 is 2.66 bits per heavy atom. The molecule has 2 N–H and O–H groups in total. The molecule has 2 aromatic carbocycles. The van der Waals surface area contributed by atoms with Gasteiger partial charge < -0.3 is 20.1 Å². The molecular formula is C27H27N5O3. The zero-order chi connectivity index (χ0) is 23.9. The standard InChI is InChI=1S/C27H27N5O3/c1-17-2-5-21-23(29-17)7-8-24-26(21)35-20(16-34-24)15-31-10-12-32(13-11-31)25-9-4-18-14-19(27(28)33)3-6-22(18)30-25/h2-9,14,20H,10-13,15-16H2,1H3,(H2,28,33). The largest absolute Gasteiger partial charge is 0.486 e. The minimum atomic E-state index is -0.428. The Labute approximate surface area is 203 Å². The summed E-state index contributed by atoms with van der Waals surface area (Å²) in [5.74, 6) is 2.10. The van der Waals surface area contributed by atoms with Gasteiger partial charge in [0.05, 0.1) is 11.0 Å². The number of nitrogens with two attached hydrogens (primary N) is 1. The van der Waals surface area contributed by atoms with Gasteiger partial charge in [-0.05, 0) is 61.5 Å². The maximum atomic E-state index is 11.4. The molecule has 1 unspecified atom stereocenters. The fourth-order valence-electron chi connectivity index (χ4n) is 4.86. The summed E-state index contributed by atoms with van der Waals surface area (Å²) in [7, 11) is 0. The van der Waals surface area contributed by atoms with Crippen LogP contribution in [0.3, 0.4) is 0 Å². The third-order valence-corrected chi connectivity index (χ3v) is 6.75. The van der Waals surface area contributed by atoms with Crippen molar-refractivity contribution < 1.29 is 14.3 Å². The van der Waals surface area contributed by atoms with E-state index in [1.54, 1.807) is 12.1 Å². The third kappa shape index (κ3) is 4.21. The second-order valence-corrected chi connectivity index (χ2v) is 9.19. The Hall–Kier alpha value is -3.91. The lowest BCUT2D eigenvalue weighted by Crippen LogP contribution is -2.50. The highest BCUT2D eigenvalue weighted by Crippen LogP contribution is 2.38. The minimum absolute atomic E-state index is 0.0285. The summed E-state index contributed by atoms with van der Waals surface area (Å²) in [6.07, 6.45) is -0.0285. The zero-order valence-corrected chi connectivity index (χ0v) is 19.6. The fourth-order valence-corrected chi connectivity index (χ4v) is 4.86. The second-order valence-electron chi connectivity index (χ2n) is 9.19. The number of anilines is 1. The molecule has 1 atom stereocenters. The number of primary amides is 1. The van der Waals surface area contributed by atoms with Crippen molar-refractivity contribution >= 4 is 33.5 Å². The molecule has 35 heavy (non-hydrogen) atoms. The SMILES string of the molecule is Cc1ccc2c3c(ccc2n1)OCC(CN1CCN(c2ccc4cc(C(N)=O)ccc4n2)CC1)O3. The number of piperazine rings is 1. The van der Waals surface area contributed by atoms with Gasteiger partial charge in [0, 0.05) is 54.8 Å². The van der Waals surface area contributed by atoms with Crippen LogP contribution in [-0.4, -0.2) is 66.2 Å². The van der Waals surface area contributed by atoms with Crippen molar-refractivity contribution in [2.75, 3.05) is 44.2 Å². The first-order valence-electron chi connectivity index (χ1n) is 11.9. The zero-order valence-electron chi connectivity index (χ0n) is 19.6. The van der Waals surface area contributed by atoms with Crippen LogP contribution in [0.4, 0.5) is 5.82 Å². The summed E-state index contributed by atoms with van der Waals surface area (Å²) in [4.78, 5) is 25.6. The molecule has 1 saturated heterocycles. The number of nitrogens with zero attached hydrogens (tertiary/aromatic N) is 4. The number of hydrogen-bond donors (Lipinski definition) is 1. The van der Waals surface area contributed by atoms with Crippen molar-refractivity contribution in [2.24, 2.45) is 5.73 Å². The van der Waals surface area contributed by atoms with E-state index in [1.165, 1.54) is 0 Å². The van der Waals surface area contributed by atoms with Crippen LogP contribution in [0.15, 0.2) is 54.6 Å². The molecule has 2 aliphatic heterocycles. The van der Waals surface area contributed by atoms with Crippen molar-refractivity contribution in [3.05, 3.63) is 65.9 Å². The molecule has 0 saturated carbocycles. The van der Waals surface area contributed by atoms with Crippen molar-refractivity contribution in [3.8, 4) is 11.5 Å². The van der Waals surface area contributed by atoms with Gasteiger partial charge in [0.2, 0.25) is 5.91 Å². The van der Waals surface area contributed by atoms with Gasteiger partial charge in [-0.3, -0.25) is 14.7 Å². The summed E-state index contributed by atoms with van der Waals surface area (Å²) in [6.45, 7) is 6.95. The number of amides is 1. The molecule has 0 spiro atoms. The summed E-state index contributed by atoms with van der Waals surface area (Å²) in [6, 6.07) is 17.4. The number of ether oxygens (including phenoxy) is 2. The van der Waals surface area contributed by atoms with Crippen LogP contribution >= 0.6 is 0 Å². The van der Waals surface area contributed by atoms with E-state index in [4.69, 9.17) is 20.2 Å². The van der Waals surface area contributed by atoms with E-state index < -0.39 is 5.91 Å². The highest BCUT2D eigenvalue weighted by Gasteiger charge is 2.27. The Balaban J connectivity index is 1.10. The normalized spacial score (nSPS) is 18.2. The van der Waals surface area contributed by atoms with Gasteiger partial charge >= 0.3 is 0 Å². The minimum Gasteiger partial charge on any atom is -0.486 e. The molecular weight excluding hydrogens is 442 g/mol. The van der Waals surface area contributed by atoms with Gasteiger partial charge in [0.1, 0.15) is 18.5 Å². The second kappa shape index (κ2) is 8.70. The van der Waals surface area contributed by atoms with Crippen LogP contribution in [-0.2, 0) is 0 Å². The topological polar surface area (TPSA) is 93.8 Å².